The number of benzene rings is 1. The van der Waals surface area contributed by atoms with Gasteiger partial charge in [0.15, 0.2) is 11.0 Å². The number of nitrogens with one attached hydrogen (secondary N) is 1. The molecule has 10 heteroatoms. The van der Waals surface area contributed by atoms with Gasteiger partial charge in [-0.05, 0) is 6.07 Å². The van der Waals surface area contributed by atoms with Gasteiger partial charge in [-0.15, -0.1) is 5.10 Å². The molecular weight excluding hydrogens is 316 g/mol. The summed E-state index contributed by atoms with van der Waals surface area (Å²) in [6.07, 6.45) is 0. The molecule has 0 atom stereocenters. The molecule has 0 aliphatic heterocycles. The lowest BCUT2D eigenvalue weighted by molar-refractivity contribution is -0.133. The van der Waals surface area contributed by atoms with E-state index in [2.05, 4.69) is 10.2 Å². The number of H-pyrrole nitrogens is 1. The number of nitrogens with zero attached hydrogens (tertiary/aromatic N) is 2. The first-order valence-corrected chi connectivity index (χ1v) is 6.43. The predicted octanol–water partition coefficient (Wildman–Crippen LogP) is 1.67. The van der Waals surface area contributed by atoms with Gasteiger partial charge in [0.05, 0.1) is 10.8 Å². The Hall–Kier alpha value is -1.87. The van der Waals surface area contributed by atoms with Crippen LogP contribution in [-0.2, 0) is 4.79 Å². The lowest BCUT2D eigenvalue weighted by atomic mass is 10.3. The molecule has 0 amide bonds. The third-order valence-corrected chi connectivity index (χ3v) is 3.38. The van der Waals surface area contributed by atoms with Gasteiger partial charge in [0.25, 0.3) is 0 Å². The molecule has 0 bridgehead atoms. The fraction of sp³-hybridized carbons (Fsp3) is 0.100. The van der Waals surface area contributed by atoms with E-state index in [0.717, 1.165) is 10.6 Å². The summed E-state index contributed by atoms with van der Waals surface area (Å²) in [6.45, 7) is 0. The zero-order chi connectivity index (χ0) is 14.9. The monoisotopic (exact) mass is 321 g/mol. The maximum Gasteiger partial charge on any atom is 0.348 e. The summed E-state index contributed by atoms with van der Waals surface area (Å²) >= 11 is 6.42. The van der Waals surface area contributed by atoms with Crippen LogP contribution in [0.25, 0.3) is 5.69 Å². The average Bonchev–Trinajstić information content (AvgIpc) is 2.67. The number of hydrogen-bond acceptors (Lipinski definition) is 4. The van der Waals surface area contributed by atoms with Crippen LogP contribution in [0.2, 0.25) is 5.02 Å². The Bertz CT molecular complexity index is 708. The summed E-state index contributed by atoms with van der Waals surface area (Å²) in [5, 5.41) is 13.8. The van der Waals surface area contributed by atoms with Crippen molar-refractivity contribution in [1.82, 2.24) is 14.8 Å². The van der Waals surface area contributed by atoms with Crippen LogP contribution in [0.3, 0.4) is 0 Å². The number of carboxylic acids is 1. The highest BCUT2D eigenvalue weighted by molar-refractivity contribution is 7.99. The second kappa shape index (κ2) is 5.63. The predicted molar refractivity (Wildman–Crippen MR) is 67.5 cm³/mol. The highest BCUT2D eigenvalue weighted by Crippen LogP contribution is 2.27. The number of aromatic nitrogens is 3. The van der Waals surface area contributed by atoms with Gasteiger partial charge in [0.2, 0.25) is 0 Å². The van der Waals surface area contributed by atoms with E-state index in [9.17, 15) is 18.4 Å². The third-order valence-electron chi connectivity index (χ3n) is 2.17. The van der Waals surface area contributed by atoms with Crippen molar-refractivity contribution in [2.75, 3.05) is 5.75 Å². The minimum atomic E-state index is -1.14. The van der Waals surface area contributed by atoms with E-state index in [0.29, 0.717) is 17.8 Å². The molecule has 20 heavy (non-hydrogen) atoms. The minimum absolute atomic E-state index is 0.0928. The number of aromatic amines is 1. The highest BCUT2D eigenvalue weighted by atomic mass is 35.5. The van der Waals surface area contributed by atoms with Crippen LogP contribution in [0.4, 0.5) is 8.78 Å². The number of hydrogen-bond donors (Lipinski definition) is 2. The smallest absolute Gasteiger partial charge is 0.348 e. The van der Waals surface area contributed by atoms with E-state index in [-0.39, 0.29) is 21.6 Å². The van der Waals surface area contributed by atoms with E-state index in [1.807, 2.05) is 0 Å². The lowest BCUT2D eigenvalue weighted by Gasteiger charge is -2.08. The van der Waals surface area contributed by atoms with Crippen LogP contribution in [0.15, 0.2) is 22.1 Å². The molecule has 2 N–H and O–H groups in total. The molecule has 0 radical (unpaired) electrons. The van der Waals surface area contributed by atoms with Gasteiger partial charge < -0.3 is 5.11 Å². The van der Waals surface area contributed by atoms with Crippen molar-refractivity contribution < 1.29 is 18.7 Å². The van der Waals surface area contributed by atoms with Gasteiger partial charge >= 0.3 is 11.7 Å². The van der Waals surface area contributed by atoms with Gasteiger partial charge in [0, 0.05) is 6.07 Å². The summed E-state index contributed by atoms with van der Waals surface area (Å²) < 4.78 is 27.5. The molecule has 0 saturated heterocycles. The molecular formula is C10H6ClF2N3O3S. The minimum Gasteiger partial charge on any atom is -0.481 e. The molecule has 0 saturated carbocycles. The van der Waals surface area contributed by atoms with Gasteiger partial charge in [-0.2, -0.15) is 0 Å². The Morgan fingerprint density at radius 1 is 1.50 bits per heavy atom. The topological polar surface area (TPSA) is 88.0 Å². The summed E-state index contributed by atoms with van der Waals surface area (Å²) in [5.74, 6) is -3.48. The lowest BCUT2D eigenvalue weighted by Crippen LogP contribution is -2.18. The van der Waals surface area contributed by atoms with Crippen LogP contribution in [0.1, 0.15) is 0 Å². The number of carbonyl (C=O) groups is 1. The van der Waals surface area contributed by atoms with Crippen molar-refractivity contribution in [3.63, 3.8) is 0 Å². The van der Waals surface area contributed by atoms with Crippen LogP contribution in [-0.4, -0.2) is 31.6 Å². The van der Waals surface area contributed by atoms with Crippen LogP contribution in [0.5, 0.6) is 0 Å². The van der Waals surface area contributed by atoms with E-state index in [4.69, 9.17) is 16.7 Å². The third kappa shape index (κ3) is 2.83. The van der Waals surface area contributed by atoms with E-state index in [1.165, 1.54) is 0 Å². The maximum absolute atomic E-state index is 13.8. The molecule has 0 unspecified atom stereocenters. The first kappa shape index (κ1) is 14.5. The first-order valence-electron chi connectivity index (χ1n) is 5.07. The molecule has 2 aromatic rings. The van der Waals surface area contributed by atoms with Crippen LogP contribution in [0, 0.1) is 11.6 Å². The highest BCUT2D eigenvalue weighted by Gasteiger charge is 2.19. The van der Waals surface area contributed by atoms with Crippen molar-refractivity contribution >= 4 is 29.3 Å². The largest absolute Gasteiger partial charge is 0.481 e. The maximum atomic E-state index is 13.8. The molecule has 6 nitrogen and oxygen atoms in total. The second-order valence-corrected chi connectivity index (χ2v) is 4.90. The van der Waals surface area contributed by atoms with Crippen molar-refractivity contribution in [3.05, 3.63) is 39.3 Å². The molecule has 0 fully saturated rings. The van der Waals surface area contributed by atoms with Crippen molar-refractivity contribution in [3.8, 4) is 5.69 Å². The zero-order valence-electron chi connectivity index (χ0n) is 9.56. The van der Waals surface area contributed by atoms with Gasteiger partial charge in [0.1, 0.15) is 11.5 Å². The number of aliphatic carboxylic acids is 1. The van der Waals surface area contributed by atoms with Crippen LogP contribution >= 0.6 is 23.4 Å². The number of rotatable bonds is 4. The van der Waals surface area contributed by atoms with Crippen molar-refractivity contribution in [1.29, 1.82) is 0 Å². The molecule has 0 spiro atoms. The summed E-state index contributed by atoms with van der Waals surface area (Å²) in [4.78, 5) is 22.1. The fourth-order valence-corrected chi connectivity index (χ4v) is 2.40. The van der Waals surface area contributed by atoms with Crippen LogP contribution < -0.4 is 5.69 Å². The molecule has 1 aromatic heterocycles. The summed E-state index contributed by atoms with van der Waals surface area (Å²) in [7, 11) is 0. The SMILES string of the molecule is O=C(O)CSc1n[nH]c(=O)n1-c1c(F)cc(F)cc1Cl. The second-order valence-electron chi connectivity index (χ2n) is 3.55. The average molecular weight is 322 g/mol. The zero-order valence-corrected chi connectivity index (χ0v) is 11.1. The first-order chi connectivity index (χ1) is 9.40. The standard InChI is InChI=1S/C10H6ClF2N3O3S/c11-5-1-4(12)2-6(13)8(5)16-9(19)14-15-10(16)20-3-7(17)18/h1-2H,3H2,(H,14,19)(H,17,18). The Labute approximate surface area is 119 Å². The fourth-order valence-electron chi connectivity index (χ4n) is 1.45. The Morgan fingerprint density at radius 2 is 2.20 bits per heavy atom. The van der Waals surface area contributed by atoms with E-state index in [1.54, 1.807) is 0 Å². The number of thioether (sulfide) groups is 1. The summed E-state index contributed by atoms with van der Waals surface area (Å²) in [5.41, 5.74) is -1.20. The van der Waals surface area contributed by atoms with E-state index >= 15 is 0 Å². The van der Waals surface area contributed by atoms with Gasteiger partial charge in [-0.25, -0.2) is 23.2 Å². The van der Waals surface area contributed by atoms with Crippen molar-refractivity contribution in [2.45, 2.75) is 5.16 Å². The Kier molecular flexibility index (Phi) is 4.09. The molecule has 2 rings (SSSR count). The number of halogens is 3. The Morgan fingerprint density at radius 3 is 2.80 bits per heavy atom. The molecule has 0 aliphatic rings. The molecule has 0 aliphatic carbocycles. The van der Waals surface area contributed by atoms with E-state index < -0.39 is 23.3 Å². The molecule has 1 aromatic carbocycles. The molecule has 106 valence electrons. The van der Waals surface area contributed by atoms with Gasteiger partial charge in [-0.1, -0.05) is 23.4 Å². The van der Waals surface area contributed by atoms with Gasteiger partial charge in [-0.3, -0.25) is 4.79 Å². The quantitative estimate of drug-likeness (QED) is 0.836. The normalized spacial score (nSPS) is 10.8. The Balaban J connectivity index is 2.56. The van der Waals surface area contributed by atoms with Crippen molar-refractivity contribution in [2.24, 2.45) is 0 Å². The summed E-state index contributed by atoms with van der Waals surface area (Å²) in [6, 6.07) is 1.40. The number of carboxylic acid groups (broad SMARTS) is 1. The molecule has 1 heterocycles.